The minimum atomic E-state index is 0.0179. The quantitative estimate of drug-likeness (QED) is 0.929. The van der Waals surface area contributed by atoms with Gasteiger partial charge in [0.2, 0.25) is 0 Å². The molecule has 2 unspecified atom stereocenters. The van der Waals surface area contributed by atoms with Gasteiger partial charge in [-0.3, -0.25) is 4.98 Å². The van der Waals surface area contributed by atoms with Crippen molar-refractivity contribution < 1.29 is 4.74 Å². The van der Waals surface area contributed by atoms with Crippen LogP contribution in [0.3, 0.4) is 0 Å². The third-order valence-corrected chi connectivity index (χ3v) is 3.71. The molecule has 5 nitrogen and oxygen atoms in total. The highest BCUT2D eigenvalue weighted by Gasteiger charge is 2.24. The van der Waals surface area contributed by atoms with Crippen LogP contribution >= 0.6 is 0 Å². The van der Waals surface area contributed by atoms with Crippen molar-refractivity contribution in [2.75, 3.05) is 24.6 Å². The van der Waals surface area contributed by atoms with Crippen LogP contribution in [-0.2, 0) is 4.74 Å². The highest BCUT2D eigenvalue weighted by atomic mass is 16.5. The summed E-state index contributed by atoms with van der Waals surface area (Å²) in [6, 6.07) is 10.1. The van der Waals surface area contributed by atoms with Crippen molar-refractivity contribution >= 4 is 5.82 Å². The SMILES string of the molecule is CC(N)C1CN(c2cnc(-c3ccccc3)cn2)CCO1. The lowest BCUT2D eigenvalue weighted by Gasteiger charge is -2.35. The zero-order valence-corrected chi connectivity index (χ0v) is 12.1. The smallest absolute Gasteiger partial charge is 0.147 e. The van der Waals surface area contributed by atoms with Gasteiger partial charge in [-0.05, 0) is 6.92 Å². The van der Waals surface area contributed by atoms with Crippen LogP contribution in [0, 0.1) is 0 Å². The van der Waals surface area contributed by atoms with Crippen LogP contribution < -0.4 is 10.6 Å². The highest BCUT2D eigenvalue weighted by Crippen LogP contribution is 2.19. The number of anilines is 1. The molecule has 2 atom stereocenters. The van der Waals surface area contributed by atoms with Gasteiger partial charge in [-0.2, -0.15) is 0 Å². The van der Waals surface area contributed by atoms with E-state index in [9.17, 15) is 0 Å². The Balaban J connectivity index is 1.75. The van der Waals surface area contributed by atoms with Crippen molar-refractivity contribution in [3.05, 3.63) is 42.7 Å². The van der Waals surface area contributed by atoms with Crippen LogP contribution in [0.25, 0.3) is 11.3 Å². The minimum absolute atomic E-state index is 0.0179. The van der Waals surface area contributed by atoms with Gasteiger partial charge in [0.05, 0.1) is 30.8 Å². The van der Waals surface area contributed by atoms with Gasteiger partial charge in [-0.15, -0.1) is 0 Å². The Morgan fingerprint density at radius 1 is 1.24 bits per heavy atom. The number of benzene rings is 1. The molecule has 0 amide bonds. The van der Waals surface area contributed by atoms with E-state index in [0.29, 0.717) is 6.61 Å². The molecule has 3 rings (SSSR count). The van der Waals surface area contributed by atoms with E-state index >= 15 is 0 Å². The third kappa shape index (κ3) is 3.20. The summed E-state index contributed by atoms with van der Waals surface area (Å²) < 4.78 is 5.67. The van der Waals surface area contributed by atoms with Gasteiger partial charge in [-0.1, -0.05) is 30.3 Å². The molecule has 0 saturated carbocycles. The lowest BCUT2D eigenvalue weighted by atomic mass is 10.1. The summed E-state index contributed by atoms with van der Waals surface area (Å²) in [7, 11) is 0. The van der Waals surface area contributed by atoms with Crippen LogP contribution in [0.1, 0.15) is 6.92 Å². The van der Waals surface area contributed by atoms with E-state index in [1.54, 1.807) is 0 Å². The van der Waals surface area contributed by atoms with E-state index in [1.807, 2.05) is 49.6 Å². The Kier molecular flexibility index (Phi) is 4.13. The van der Waals surface area contributed by atoms with Gasteiger partial charge < -0.3 is 15.4 Å². The summed E-state index contributed by atoms with van der Waals surface area (Å²) in [6.45, 7) is 4.23. The molecule has 110 valence electrons. The van der Waals surface area contributed by atoms with Gasteiger partial charge in [0, 0.05) is 24.7 Å². The summed E-state index contributed by atoms with van der Waals surface area (Å²) in [5.41, 5.74) is 7.88. The minimum Gasteiger partial charge on any atom is -0.373 e. The highest BCUT2D eigenvalue weighted by molar-refractivity contribution is 5.58. The molecule has 2 heterocycles. The van der Waals surface area contributed by atoms with Crippen molar-refractivity contribution in [2.24, 2.45) is 5.73 Å². The van der Waals surface area contributed by atoms with E-state index in [-0.39, 0.29) is 12.1 Å². The number of aromatic nitrogens is 2. The topological polar surface area (TPSA) is 64.3 Å². The third-order valence-electron chi connectivity index (χ3n) is 3.71. The molecule has 0 radical (unpaired) electrons. The largest absolute Gasteiger partial charge is 0.373 e. The lowest BCUT2D eigenvalue weighted by Crippen LogP contribution is -2.49. The molecular weight excluding hydrogens is 264 g/mol. The van der Waals surface area contributed by atoms with Gasteiger partial charge in [-0.25, -0.2) is 4.98 Å². The maximum absolute atomic E-state index is 5.92. The Hall–Kier alpha value is -1.98. The van der Waals surface area contributed by atoms with E-state index < -0.39 is 0 Å². The zero-order valence-electron chi connectivity index (χ0n) is 12.1. The second kappa shape index (κ2) is 6.20. The van der Waals surface area contributed by atoms with Crippen LogP contribution in [0.15, 0.2) is 42.7 Å². The summed E-state index contributed by atoms with van der Waals surface area (Å²) in [5, 5.41) is 0. The molecule has 2 aromatic rings. The summed E-state index contributed by atoms with van der Waals surface area (Å²) in [4.78, 5) is 11.2. The fraction of sp³-hybridized carbons (Fsp3) is 0.375. The van der Waals surface area contributed by atoms with E-state index in [4.69, 9.17) is 10.5 Å². The molecule has 21 heavy (non-hydrogen) atoms. The first-order valence-corrected chi connectivity index (χ1v) is 7.23. The van der Waals surface area contributed by atoms with E-state index in [0.717, 1.165) is 30.2 Å². The van der Waals surface area contributed by atoms with E-state index in [2.05, 4.69) is 14.9 Å². The summed E-state index contributed by atoms with van der Waals surface area (Å²) >= 11 is 0. The molecule has 1 fully saturated rings. The molecule has 1 aliphatic heterocycles. The normalized spacial score (nSPS) is 20.3. The monoisotopic (exact) mass is 284 g/mol. The fourth-order valence-electron chi connectivity index (χ4n) is 2.44. The number of ether oxygens (including phenoxy) is 1. The molecular formula is C16H20N4O. The number of rotatable bonds is 3. The summed E-state index contributed by atoms with van der Waals surface area (Å²) in [5.74, 6) is 0.878. The number of morpholine rings is 1. The van der Waals surface area contributed by atoms with Gasteiger partial charge in [0.15, 0.2) is 0 Å². The van der Waals surface area contributed by atoms with Crippen molar-refractivity contribution in [3.63, 3.8) is 0 Å². The number of hydrogen-bond acceptors (Lipinski definition) is 5. The Morgan fingerprint density at radius 2 is 2.05 bits per heavy atom. The standard InChI is InChI=1S/C16H20N4O/c1-12(17)15-11-20(7-8-21-15)16-10-18-14(9-19-16)13-5-3-2-4-6-13/h2-6,9-10,12,15H,7-8,11,17H2,1H3. The number of hydrogen-bond donors (Lipinski definition) is 1. The molecule has 1 aromatic heterocycles. The maximum atomic E-state index is 5.92. The first-order valence-electron chi connectivity index (χ1n) is 7.23. The molecule has 1 aromatic carbocycles. The molecule has 0 bridgehead atoms. The molecule has 1 saturated heterocycles. The average Bonchev–Trinajstić information content (AvgIpc) is 2.56. The Morgan fingerprint density at radius 3 is 2.71 bits per heavy atom. The molecule has 1 aliphatic rings. The van der Waals surface area contributed by atoms with E-state index in [1.165, 1.54) is 0 Å². The number of nitrogens with zero attached hydrogens (tertiary/aromatic N) is 3. The number of nitrogens with two attached hydrogens (primary N) is 1. The molecule has 5 heteroatoms. The van der Waals surface area contributed by atoms with Crippen LogP contribution in [0.2, 0.25) is 0 Å². The predicted molar refractivity (Wildman–Crippen MR) is 83.1 cm³/mol. The summed E-state index contributed by atoms with van der Waals surface area (Å²) in [6.07, 6.45) is 3.70. The van der Waals surface area contributed by atoms with Crippen molar-refractivity contribution in [3.8, 4) is 11.3 Å². The Bertz CT molecular complexity index is 571. The fourth-order valence-corrected chi connectivity index (χ4v) is 2.44. The molecule has 0 spiro atoms. The second-order valence-electron chi connectivity index (χ2n) is 5.34. The lowest BCUT2D eigenvalue weighted by molar-refractivity contribution is 0.0273. The first kappa shape index (κ1) is 14.0. The molecule has 0 aliphatic carbocycles. The van der Waals surface area contributed by atoms with Gasteiger partial charge in [0.1, 0.15) is 5.82 Å². The Labute approximate surface area is 124 Å². The first-order chi connectivity index (χ1) is 10.2. The zero-order chi connectivity index (χ0) is 14.7. The second-order valence-corrected chi connectivity index (χ2v) is 5.34. The predicted octanol–water partition coefficient (Wildman–Crippen LogP) is 1.70. The van der Waals surface area contributed by atoms with Crippen molar-refractivity contribution in [1.82, 2.24) is 9.97 Å². The van der Waals surface area contributed by atoms with Crippen LogP contribution in [0.4, 0.5) is 5.82 Å². The van der Waals surface area contributed by atoms with Crippen LogP contribution in [-0.4, -0.2) is 41.8 Å². The van der Waals surface area contributed by atoms with Crippen LogP contribution in [0.5, 0.6) is 0 Å². The maximum Gasteiger partial charge on any atom is 0.147 e. The average molecular weight is 284 g/mol. The van der Waals surface area contributed by atoms with Gasteiger partial charge in [0.25, 0.3) is 0 Å². The van der Waals surface area contributed by atoms with Gasteiger partial charge >= 0.3 is 0 Å². The van der Waals surface area contributed by atoms with Crippen molar-refractivity contribution in [1.29, 1.82) is 0 Å². The molecule has 2 N–H and O–H groups in total. The van der Waals surface area contributed by atoms with Crippen molar-refractivity contribution in [2.45, 2.75) is 19.1 Å².